The summed E-state index contributed by atoms with van der Waals surface area (Å²) in [6.07, 6.45) is 4.75. The van der Waals surface area contributed by atoms with Crippen LogP contribution in [0, 0.1) is 5.92 Å². The van der Waals surface area contributed by atoms with Crippen molar-refractivity contribution in [2.45, 2.75) is 39.0 Å². The minimum absolute atomic E-state index is 0.0612. The van der Waals surface area contributed by atoms with Crippen molar-refractivity contribution in [3.63, 3.8) is 0 Å². The lowest BCUT2D eigenvalue weighted by Crippen LogP contribution is -2.15. The molecule has 0 heterocycles. The fourth-order valence-electron chi connectivity index (χ4n) is 2.22. The van der Waals surface area contributed by atoms with Gasteiger partial charge in [0.1, 0.15) is 0 Å². The molecule has 3 N–H and O–H groups in total. The number of rotatable bonds is 8. The van der Waals surface area contributed by atoms with Crippen molar-refractivity contribution in [1.29, 1.82) is 0 Å². The minimum atomic E-state index is 0.0612. The van der Waals surface area contributed by atoms with E-state index in [1.54, 1.807) is 0 Å². The zero-order valence-electron chi connectivity index (χ0n) is 11.8. The molecule has 0 fully saturated rings. The van der Waals surface area contributed by atoms with Crippen molar-refractivity contribution in [1.82, 2.24) is 0 Å². The van der Waals surface area contributed by atoms with Crippen molar-refractivity contribution < 1.29 is 4.79 Å². The molecule has 1 aromatic rings. The van der Waals surface area contributed by atoms with Gasteiger partial charge in [0.15, 0.2) is 0 Å². The lowest BCUT2D eigenvalue weighted by Gasteiger charge is -2.15. The molecule has 0 aromatic heterocycles. The largest absolute Gasteiger partial charge is 0.330 e. The van der Waals surface area contributed by atoms with Crippen molar-refractivity contribution in [3.8, 4) is 0 Å². The molecule has 0 saturated heterocycles. The molecule has 0 saturated carbocycles. The Morgan fingerprint density at radius 3 is 2.65 bits per heavy atom. The van der Waals surface area contributed by atoms with Crippen LogP contribution < -0.4 is 11.1 Å². The highest BCUT2D eigenvalue weighted by molar-refractivity contribution is 9.11. The lowest BCUT2D eigenvalue weighted by atomic mass is 9.94. The third-order valence-corrected chi connectivity index (χ3v) is 4.41. The first-order chi connectivity index (χ1) is 9.56. The van der Waals surface area contributed by atoms with Gasteiger partial charge in [0, 0.05) is 15.4 Å². The highest BCUT2D eigenvalue weighted by atomic mass is 79.9. The van der Waals surface area contributed by atoms with Gasteiger partial charge < -0.3 is 11.1 Å². The number of anilines is 1. The van der Waals surface area contributed by atoms with Gasteiger partial charge in [0.25, 0.3) is 0 Å². The molecule has 1 aromatic carbocycles. The van der Waals surface area contributed by atoms with E-state index in [4.69, 9.17) is 5.73 Å². The fourth-order valence-corrected chi connectivity index (χ4v) is 3.36. The van der Waals surface area contributed by atoms with Crippen molar-refractivity contribution in [3.05, 3.63) is 27.1 Å². The summed E-state index contributed by atoms with van der Waals surface area (Å²) < 4.78 is 1.86. The average Bonchev–Trinajstić information content (AvgIpc) is 2.40. The highest BCUT2D eigenvalue weighted by Gasteiger charge is 2.11. The van der Waals surface area contributed by atoms with Crippen LogP contribution in [0.25, 0.3) is 0 Å². The van der Waals surface area contributed by atoms with E-state index in [0.717, 1.165) is 40.3 Å². The van der Waals surface area contributed by atoms with Crippen LogP contribution in [-0.4, -0.2) is 12.5 Å². The summed E-state index contributed by atoms with van der Waals surface area (Å²) in [6, 6.07) is 5.72. The number of carbonyl (C=O) groups is 1. The Labute approximate surface area is 138 Å². The van der Waals surface area contributed by atoms with Crippen LogP contribution in [0.15, 0.2) is 27.1 Å². The molecule has 0 aliphatic heterocycles. The SMILES string of the molecule is CCCC(CCN)CCC(=O)Nc1ccc(Br)cc1Br. The smallest absolute Gasteiger partial charge is 0.224 e. The van der Waals surface area contributed by atoms with Gasteiger partial charge in [-0.3, -0.25) is 4.79 Å². The number of nitrogens with one attached hydrogen (secondary N) is 1. The van der Waals surface area contributed by atoms with Crippen LogP contribution in [0.2, 0.25) is 0 Å². The van der Waals surface area contributed by atoms with Gasteiger partial charge in [0.2, 0.25) is 5.91 Å². The second-order valence-corrected chi connectivity index (χ2v) is 6.71. The van der Waals surface area contributed by atoms with E-state index in [1.165, 1.54) is 0 Å². The molecule has 0 aliphatic carbocycles. The summed E-state index contributed by atoms with van der Waals surface area (Å²) in [5.41, 5.74) is 6.42. The molecule has 3 nitrogen and oxygen atoms in total. The van der Waals surface area contributed by atoms with Crippen molar-refractivity contribution in [2.75, 3.05) is 11.9 Å². The van der Waals surface area contributed by atoms with E-state index in [0.29, 0.717) is 18.9 Å². The maximum absolute atomic E-state index is 12.0. The predicted molar refractivity (Wildman–Crippen MR) is 91.8 cm³/mol. The lowest BCUT2D eigenvalue weighted by molar-refractivity contribution is -0.116. The summed E-state index contributed by atoms with van der Waals surface area (Å²) in [6.45, 7) is 2.87. The molecule has 112 valence electrons. The number of amides is 1. The molecule has 1 atom stereocenters. The van der Waals surface area contributed by atoms with E-state index >= 15 is 0 Å². The summed E-state index contributed by atoms with van der Waals surface area (Å²) in [4.78, 5) is 12.0. The Balaban J connectivity index is 2.46. The summed E-state index contributed by atoms with van der Waals surface area (Å²) >= 11 is 6.84. The monoisotopic (exact) mass is 404 g/mol. The van der Waals surface area contributed by atoms with E-state index in [1.807, 2.05) is 18.2 Å². The molecule has 0 bridgehead atoms. The zero-order chi connectivity index (χ0) is 15.0. The fraction of sp³-hybridized carbons (Fsp3) is 0.533. The third kappa shape index (κ3) is 6.37. The van der Waals surface area contributed by atoms with Crippen LogP contribution in [0.5, 0.6) is 0 Å². The first-order valence-electron chi connectivity index (χ1n) is 7.01. The summed E-state index contributed by atoms with van der Waals surface area (Å²) in [7, 11) is 0. The quantitative estimate of drug-likeness (QED) is 0.658. The van der Waals surface area contributed by atoms with Gasteiger partial charge in [-0.1, -0.05) is 35.7 Å². The summed E-state index contributed by atoms with van der Waals surface area (Å²) in [5.74, 6) is 0.621. The number of hydrogen-bond donors (Lipinski definition) is 2. The number of hydrogen-bond acceptors (Lipinski definition) is 2. The Hall–Kier alpha value is -0.390. The van der Waals surface area contributed by atoms with E-state index in [2.05, 4.69) is 44.1 Å². The molecule has 0 aliphatic rings. The average molecular weight is 406 g/mol. The Bertz CT molecular complexity index is 432. The molecular formula is C15H22Br2N2O. The Morgan fingerprint density at radius 2 is 2.05 bits per heavy atom. The molecule has 5 heteroatoms. The Kier molecular flexibility index (Phi) is 8.41. The van der Waals surface area contributed by atoms with Gasteiger partial charge in [-0.05, 0) is 59.4 Å². The number of nitrogens with two attached hydrogens (primary N) is 1. The van der Waals surface area contributed by atoms with Crippen LogP contribution in [0.1, 0.15) is 39.0 Å². The van der Waals surface area contributed by atoms with E-state index in [-0.39, 0.29) is 5.91 Å². The van der Waals surface area contributed by atoms with Gasteiger partial charge in [-0.2, -0.15) is 0 Å². The van der Waals surface area contributed by atoms with Crippen molar-refractivity contribution in [2.24, 2.45) is 11.7 Å². The molecule has 0 radical (unpaired) electrons. The van der Waals surface area contributed by atoms with Crippen LogP contribution in [0.4, 0.5) is 5.69 Å². The first-order valence-corrected chi connectivity index (χ1v) is 8.60. The van der Waals surface area contributed by atoms with Crippen LogP contribution >= 0.6 is 31.9 Å². The first kappa shape index (κ1) is 17.7. The molecule has 1 unspecified atom stereocenters. The van der Waals surface area contributed by atoms with Gasteiger partial charge >= 0.3 is 0 Å². The maximum atomic E-state index is 12.0. The highest BCUT2D eigenvalue weighted by Crippen LogP contribution is 2.26. The number of carbonyl (C=O) groups excluding carboxylic acids is 1. The second-order valence-electron chi connectivity index (χ2n) is 4.94. The van der Waals surface area contributed by atoms with Crippen molar-refractivity contribution >= 4 is 43.5 Å². The standard InChI is InChI=1S/C15H22Br2N2O/c1-2-3-11(8-9-18)4-7-15(20)19-14-6-5-12(16)10-13(14)17/h5-6,10-11H,2-4,7-9,18H2,1H3,(H,19,20). The molecule has 0 spiro atoms. The normalized spacial score (nSPS) is 12.2. The van der Waals surface area contributed by atoms with Gasteiger partial charge in [-0.25, -0.2) is 0 Å². The molecule has 1 rings (SSSR count). The molecule has 1 amide bonds. The topological polar surface area (TPSA) is 55.1 Å². The predicted octanol–water partition coefficient (Wildman–Crippen LogP) is 4.70. The van der Waals surface area contributed by atoms with E-state index < -0.39 is 0 Å². The number of benzene rings is 1. The minimum Gasteiger partial charge on any atom is -0.330 e. The zero-order valence-corrected chi connectivity index (χ0v) is 15.0. The van der Waals surface area contributed by atoms with Gasteiger partial charge in [0.05, 0.1) is 5.69 Å². The second kappa shape index (κ2) is 9.53. The van der Waals surface area contributed by atoms with E-state index in [9.17, 15) is 4.79 Å². The van der Waals surface area contributed by atoms with Gasteiger partial charge in [-0.15, -0.1) is 0 Å². The maximum Gasteiger partial charge on any atom is 0.224 e. The van der Waals surface area contributed by atoms with Crippen LogP contribution in [0.3, 0.4) is 0 Å². The number of halogens is 2. The Morgan fingerprint density at radius 1 is 1.30 bits per heavy atom. The third-order valence-electron chi connectivity index (χ3n) is 3.26. The van der Waals surface area contributed by atoms with Crippen LogP contribution in [-0.2, 0) is 4.79 Å². The summed E-state index contributed by atoms with van der Waals surface area (Å²) in [5, 5.41) is 2.94. The molecular weight excluding hydrogens is 384 g/mol. The molecule has 20 heavy (non-hydrogen) atoms.